The summed E-state index contributed by atoms with van der Waals surface area (Å²) in [6, 6.07) is 7.21. The second kappa shape index (κ2) is 6.49. The summed E-state index contributed by atoms with van der Waals surface area (Å²) in [6.45, 7) is 5.36. The fourth-order valence-electron chi connectivity index (χ4n) is 1.49. The Morgan fingerprint density at radius 3 is 2.91 bits per heavy atom. The summed E-state index contributed by atoms with van der Waals surface area (Å²) in [5, 5.41) is 18.6. The second-order valence-electron chi connectivity index (χ2n) is 5.31. The quantitative estimate of drug-likeness (QED) is 0.901. The average Bonchev–Trinajstić information content (AvgIpc) is 2.84. The number of nitriles is 1. The van der Waals surface area contributed by atoms with Crippen LogP contribution in [0.1, 0.15) is 26.5 Å². The van der Waals surface area contributed by atoms with E-state index in [4.69, 9.17) is 10.00 Å². The molecule has 0 bridgehead atoms. The van der Waals surface area contributed by atoms with E-state index in [0.717, 1.165) is 0 Å². The van der Waals surface area contributed by atoms with Crippen LogP contribution in [0, 0.1) is 11.3 Å². The Bertz CT molecular complexity index is 715. The van der Waals surface area contributed by atoms with Crippen molar-refractivity contribution in [2.45, 2.75) is 36.3 Å². The zero-order valence-electron chi connectivity index (χ0n) is 12.4. The molecule has 8 heteroatoms. The van der Waals surface area contributed by atoms with Crippen LogP contribution in [0.15, 0.2) is 34.3 Å². The van der Waals surface area contributed by atoms with Crippen molar-refractivity contribution >= 4 is 23.7 Å². The van der Waals surface area contributed by atoms with Gasteiger partial charge in [0, 0.05) is 0 Å². The number of H-pyrrole nitrogens is 1. The van der Waals surface area contributed by atoms with Gasteiger partial charge in [-0.2, -0.15) is 10.4 Å². The van der Waals surface area contributed by atoms with Gasteiger partial charge in [-0.15, -0.1) is 0 Å². The molecule has 0 spiro atoms. The Morgan fingerprint density at radius 1 is 1.45 bits per heavy atom. The zero-order valence-corrected chi connectivity index (χ0v) is 13.2. The molecule has 0 aliphatic rings. The molecule has 0 aliphatic heterocycles. The molecule has 0 fully saturated rings. The number of hydrogen-bond acceptors (Lipinski definition) is 6. The Kier molecular flexibility index (Phi) is 4.68. The van der Waals surface area contributed by atoms with Crippen molar-refractivity contribution in [1.82, 2.24) is 15.2 Å². The normalized spacial score (nSPS) is 10.8. The molecule has 0 aliphatic carbocycles. The number of nitrogens with zero attached hydrogens (tertiary/aromatic N) is 3. The van der Waals surface area contributed by atoms with Gasteiger partial charge in [-0.05, 0) is 32.9 Å². The summed E-state index contributed by atoms with van der Waals surface area (Å²) >= 11 is 1.28. The van der Waals surface area contributed by atoms with Gasteiger partial charge in [0.2, 0.25) is 0 Å². The maximum absolute atomic E-state index is 11.7. The molecular weight excluding hydrogens is 302 g/mol. The molecule has 0 radical (unpaired) electrons. The molecule has 7 nitrogen and oxygen atoms in total. The van der Waals surface area contributed by atoms with Crippen LogP contribution >= 0.6 is 11.8 Å². The van der Waals surface area contributed by atoms with Crippen LogP contribution in [0.2, 0.25) is 0 Å². The Balaban J connectivity index is 2.07. The lowest BCUT2D eigenvalue weighted by atomic mass is 10.2. The van der Waals surface area contributed by atoms with E-state index in [0.29, 0.717) is 21.4 Å². The van der Waals surface area contributed by atoms with Crippen LogP contribution < -0.4 is 5.32 Å². The molecule has 0 saturated heterocycles. The first kappa shape index (κ1) is 15.9. The van der Waals surface area contributed by atoms with E-state index in [-0.39, 0.29) is 0 Å². The third-order valence-corrected chi connectivity index (χ3v) is 3.25. The van der Waals surface area contributed by atoms with Gasteiger partial charge in [-0.3, -0.25) is 10.4 Å². The van der Waals surface area contributed by atoms with Crippen molar-refractivity contribution in [3.05, 3.63) is 30.1 Å². The Morgan fingerprint density at radius 2 is 2.23 bits per heavy atom. The van der Waals surface area contributed by atoms with Crippen molar-refractivity contribution < 1.29 is 9.53 Å². The zero-order chi connectivity index (χ0) is 16.2. The molecule has 2 heterocycles. The fraction of sp³-hybridized carbons (Fsp3) is 0.286. The van der Waals surface area contributed by atoms with Crippen molar-refractivity contribution in [1.29, 1.82) is 5.26 Å². The van der Waals surface area contributed by atoms with Crippen LogP contribution in [0.4, 0.5) is 10.6 Å². The molecule has 0 unspecified atom stereocenters. The summed E-state index contributed by atoms with van der Waals surface area (Å²) in [4.78, 5) is 16.7. The SMILES string of the molecule is CC(C)(C)OC(=O)Nc1cccc(Sc2cn[nH]c2C#N)n1. The Labute approximate surface area is 132 Å². The number of carbonyl (C=O) groups excluding carboxylic acids is 1. The number of nitrogens with one attached hydrogen (secondary N) is 2. The van der Waals surface area contributed by atoms with E-state index >= 15 is 0 Å². The van der Waals surface area contributed by atoms with Crippen molar-refractivity contribution in [2.24, 2.45) is 0 Å². The smallest absolute Gasteiger partial charge is 0.413 e. The molecule has 2 aromatic heterocycles. The largest absolute Gasteiger partial charge is 0.444 e. The molecule has 1 amide bonds. The number of aromatic nitrogens is 3. The molecule has 114 valence electrons. The third kappa shape index (κ3) is 4.49. The minimum atomic E-state index is -0.574. The predicted octanol–water partition coefficient (Wildman–Crippen LogP) is 3.17. The van der Waals surface area contributed by atoms with Crippen LogP contribution in [0.5, 0.6) is 0 Å². The highest BCUT2D eigenvalue weighted by Crippen LogP contribution is 2.28. The number of carbonyl (C=O) groups is 1. The first-order valence-electron chi connectivity index (χ1n) is 6.46. The fourth-order valence-corrected chi connectivity index (χ4v) is 2.31. The van der Waals surface area contributed by atoms with E-state index in [1.54, 1.807) is 45.2 Å². The van der Waals surface area contributed by atoms with Gasteiger partial charge in [0.25, 0.3) is 0 Å². The van der Waals surface area contributed by atoms with Crippen molar-refractivity contribution in [3.8, 4) is 6.07 Å². The lowest BCUT2D eigenvalue weighted by Crippen LogP contribution is -2.27. The summed E-state index contributed by atoms with van der Waals surface area (Å²) in [7, 11) is 0. The van der Waals surface area contributed by atoms with Gasteiger partial charge >= 0.3 is 6.09 Å². The van der Waals surface area contributed by atoms with Gasteiger partial charge in [0.1, 0.15) is 28.2 Å². The molecule has 0 atom stereocenters. The lowest BCUT2D eigenvalue weighted by Gasteiger charge is -2.19. The number of hydrogen-bond donors (Lipinski definition) is 2. The van der Waals surface area contributed by atoms with Gasteiger partial charge in [-0.1, -0.05) is 17.8 Å². The molecule has 2 aromatic rings. The number of pyridine rings is 1. The maximum Gasteiger partial charge on any atom is 0.413 e. The van der Waals surface area contributed by atoms with Gasteiger partial charge < -0.3 is 4.74 Å². The molecule has 0 saturated carbocycles. The monoisotopic (exact) mass is 317 g/mol. The summed E-state index contributed by atoms with van der Waals surface area (Å²) < 4.78 is 5.17. The number of rotatable bonds is 3. The topological polar surface area (TPSA) is 104 Å². The standard InChI is InChI=1S/C14H15N5O2S/c1-14(2,3)21-13(20)18-11-5-4-6-12(17-11)22-10-8-16-19-9(10)7-15/h4-6,8H,1-3H3,(H,16,19)(H,17,18,20). The Hall–Kier alpha value is -2.53. The van der Waals surface area contributed by atoms with Crippen LogP contribution in [-0.4, -0.2) is 26.9 Å². The molecule has 22 heavy (non-hydrogen) atoms. The second-order valence-corrected chi connectivity index (χ2v) is 6.37. The highest BCUT2D eigenvalue weighted by molar-refractivity contribution is 7.99. The number of anilines is 1. The minimum absolute atomic E-state index is 0.373. The van der Waals surface area contributed by atoms with E-state index < -0.39 is 11.7 Å². The first-order chi connectivity index (χ1) is 10.4. The summed E-state index contributed by atoms with van der Waals surface area (Å²) in [5.41, 5.74) is -0.202. The predicted molar refractivity (Wildman–Crippen MR) is 81.5 cm³/mol. The molecule has 2 rings (SSSR count). The lowest BCUT2D eigenvalue weighted by molar-refractivity contribution is 0.0635. The van der Waals surface area contributed by atoms with E-state index in [1.807, 2.05) is 6.07 Å². The van der Waals surface area contributed by atoms with Crippen LogP contribution in [0.3, 0.4) is 0 Å². The summed E-state index contributed by atoms with van der Waals surface area (Å²) in [6.07, 6.45) is 0.988. The third-order valence-electron chi connectivity index (χ3n) is 2.28. The molecule has 2 N–H and O–H groups in total. The van der Waals surface area contributed by atoms with Gasteiger partial charge in [0.15, 0.2) is 0 Å². The molecule has 0 aromatic carbocycles. The van der Waals surface area contributed by atoms with Crippen LogP contribution in [0.25, 0.3) is 0 Å². The van der Waals surface area contributed by atoms with E-state index in [1.165, 1.54) is 11.8 Å². The number of amides is 1. The maximum atomic E-state index is 11.7. The summed E-state index contributed by atoms with van der Waals surface area (Å²) in [5.74, 6) is 0.376. The molecular formula is C14H15N5O2S. The highest BCUT2D eigenvalue weighted by atomic mass is 32.2. The average molecular weight is 317 g/mol. The van der Waals surface area contributed by atoms with Gasteiger partial charge in [-0.25, -0.2) is 9.78 Å². The van der Waals surface area contributed by atoms with Crippen molar-refractivity contribution in [2.75, 3.05) is 5.32 Å². The van der Waals surface area contributed by atoms with Gasteiger partial charge in [0.05, 0.1) is 11.1 Å². The first-order valence-corrected chi connectivity index (χ1v) is 7.27. The number of ether oxygens (including phenoxy) is 1. The van der Waals surface area contributed by atoms with Crippen LogP contribution in [-0.2, 0) is 4.74 Å². The number of aromatic amines is 1. The van der Waals surface area contributed by atoms with Crippen molar-refractivity contribution in [3.63, 3.8) is 0 Å². The van der Waals surface area contributed by atoms with E-state index in [9.17, 15) is 4.79 Å². The van der Waals surface area contributed by atoms with E-state index in [2.05, 4.69) is 20.5 Å². The highest BCUT2D eigenvalue weighted by Gasteiger charge is 2.16. The minimum Gasteiger partial charge on any atom is -0.444 e.